The van der Waals surface area contributed by atoms with E-state index in [2.05, 4.69) is 16.0 Å². The summed E-state index contributed by atoms with van der Waals surface area (Å²) in [5, 5.41) is 25.8. The van der Waals surface area contributed by atoms with Crippen molar-refractivity contribution in [1.82, 2.24) is 16.0 Å². The summed E-state index contributed by atoms with van der Waals surface area (Å²) in [4.78, 5) is 72.3. The van der Waals surface area contributed by atoms with E-state index in [1.54, 1.807) is 13.8 Å². The highest BCUT2D eigenvalue weighted by atomic mass is 16.4. The average molecular weight is 509 g/mol. The van der Waals surface area contributed by atoms with Crippen LogP contribution in [0.5, 0.6) is 5.75 Å². The second-order valence-electron chi connectivity index (χ2n) is 8.51. The average Bonchev–Trinajstić information content (AvgIpc) is 2.76. The van der Waals surface area contributed by atoms with Crippen LogP contribution in [0.15, 0.2) is 24.3 Å². The number of primary amides is 2. The highest BCUT2D eigenvalue weighted by molar-refractivity contribution is 5.97. The SMILES string of the molecule is CC(C)C(NC(=O)C(Cc1ccc(O)cc1)NC(=O)C(CC(N)=O)NC(=O)C(N)CC(N)=O)C(=O)O. The van der Waals surface area contributed by atoms with Crippen LogP contribution in [0.1, 0.15) is 32.3 Å². The van der Waals surface area contributed by atoms with Gasteiger partial charge < -0.3 is 43.4 Å². The highest BCUT2D eigenvalue weighted by Gasteiger charge is 2.32. The van der Waals surface area contributed by atoms with E-state index in [0.717, 1.165) is 0 Å². The van der Waals surface area contributed by atoms with E-state index in [9.17, 15) is 39.0 Å². The van der Waals surface area contributed by atoms with E-state index in [-0.39, 0.29) is 12.2 Å². The summed E-state index contributed by atoms with van der Waals surface area (Å²) in [5.74, 6) is -6.40. The molecule has 1 aromatic carbocycles. The molecule has 0 heterocycles. The Balaban J connectivity index is 3.17. The lowest BCUT2D eigenvalue weighted by Crippen LogP contribution is -2.58. The number of phenolic OH excluding ortho intramolecular Hbond substituents is 1. The lowest BCUT2D eigenvalue weighted by Gasteiger charge is -2.25. The third-order valence-electron chi connectivity index (χ3n) is 5.04. The van der Waals surface area contributed by atoms with Crippen LogP contribution >= 0.6 is 0 Å². The van der Waals surface area contributed by atoms with Gasteiger partial charge in [0.15, 0.2) is 0 Å². The fourth-order valence-electron chi connectivity index (χ4n) is 3.12. The molecule has 0 spiro atoms. The maximum Gasteiger partial charge on any atom is 0.326 e. The number of hydrogen-bond donors (Lipinski definition) is 8. The minimum Gasteiger partial charge on any atom is -0.508 e. The normalized spacial score (nSPS) is 14.1. The molecule has 0 saturated heterocycles. The van der Waals surface area contributed by atoms with Crippen molar-refractivity contribution in [3.63, 3.8) is 0 Å². The fraction of sp³-hybridized carbons (Fsp3) is 0.455. The number of rotatable bonds is 14. The first-order valence-corrected chi connectivity index (χ1v) is 10.9. The van der Waals surface area contributed by atoms with E-state index in [0.29, 0.717) is 5.56 Å². The first-order chi connectivity index (χ1) is 16.7. The lowest BCUT2D eigenvalue weighted by atomic mass is 10.0. The van der Waals surface area contributed by atoms with Crippen LogP contribution < -0.4 is 33.2 Å². The van der Waals surface area contributed by atoms with E-state index >= 15 is 0 Å². The summed E-state index contributed by atoms with van der Waals surface area (Å²) in [7, 11) is 0. The van der Waals surface area contributed by atoms with E-state index < -0.39 is 78.4 Å². The van der Waals surface area contributed by atoms with E-state index in [4.69, 9.17) is 17.2 Å². The second kappa shape index (κ2) is 13.6. The van der Waals surface area contributed by atoms with Crippen molar-refractivity contribution in [2.45, 2.75) is 57.3 Å². The maximum atomic E-state index is 13.0. The van der Waals surface area contributed by atoms with Gasteiger partial charge in [0.1, 0.15) is 23.9 Å². The molecule has 4 atom stereocenters. The molecular formula is C22H32N6O8. The number of phenols is 1. The second-order valence-corrected chi connectivity index (χ2v) is 8.51. The number of amides is 5. The molecule has 0 bridgehead atoms. The molecular weight excluding hydrogens is 476 g/mol. The Morgan fingerprint density at radius 1 is 0.806 bits per heavy atom. The van der Waals surface area contributed by atoms with Gasteiger partial charge in [-0.1, -0.05) is 26.0 Å². The molecule has 1 aromatic rings. The Bertz CT molecular complexity index is 981. The van der Waals surface area contributed by atoms with Gasteiger partial charge in [-0.2, -0.15) is 0 Å². The van der Waals surface area contributed by atoms with Crippen LogP contribution in [0.2, 0.25) is 0 Å². The molecule has 0 aliphatic rings. The number of carboxylic acid groups (broad SMARTS) is 1. The van der Waals surface area contributed by atoms with Crippen LogP contribution in [-0.4, -0.2) is 69.9 Å². The first kappa shape index (κ1) is 29.8. The summed E-state index contributed by atoms with van der Waals surface area (Å²) in [6.45, 7) is 3.17. The molecule has 0 aromatic heterocycles. The predicted molar refractivity (Wildman–Crippen MR) is 126 cm³/mol. The van der Waals surface area contributed by atoms with Gasteiger partial charge in [-0.05, 0) is 23.6 Å². The van der Waals surface area contributed by atoms with Gasteiger partial charge in [0.05, 0.1) is 18.9 Å². The lowest BCUT2D eigenvalue weighted by molar-refractivity contribution is -0.143. The predicted octanol–water partition coefficient (Wildman–Crippen LogP) is -2.79. The van der Waals surface area contributed by atoms with Gasteiger partial charge >= 0.3 is 5.97 Å². The number of aliphatic carboxylic acids is 1. The highest BCUT2D eigenvalue weighted by Crippen LogP contribution is 2.12. The van der Waals surface area contributed by atoms with E-state index in [1.165, 1.54) is 24.3 Å². The topological polar surface area (TPSA) is 257 Å². The summed E-state index contributed by atoms with van der Waals surface area (Å²) < 4.78 is 0. The Kier molecular flexibility index (Phi) is 11.3. The van der Waals surface area contributed by atoms with Crippen LogP contribution in [0, 0.1) is 5.92 Å². The van der Waals surface area contributed by atoms with Crippen molar-refractivity contribution < 1.29 is 39.0 Å². The van der Waals surface area contributed by atoms with Crippen LogP contribution in [0.25, 0.3) is 0 Å². The molecule has 0 aliphatic heterocycles. The molecule has 198 valence electrons. The molecule has 0 saturated carbocycles. The molecule has 5 amide bonds. The van der Waals surface area contributed by atoms with Crippen molar-refractivity contribution in [1.29, 1.82) is 0 Å². The third-order valence-corrected chi connectivity index (χ3v) is 5.04. The Morgan fingerprint density at radius 3 is 1.78 bits per heavy atom. The minimum absolute atomic E-state index is 0.0360. The largest absolute Gasteiger partial charge is 0.508 e. The zero-order valence-corrected chi connectivity index (χ0v) is 19.9. The molecule has 1 rings (SSSR count). The summed E-state index contributed by atoms with van der Waals surface area (Å²) in [6, 6.07) is 0.148. The smallest absolute Gasteiger partial charge is 0.326 e. The number of carboxylic acids is 1. The molecule has 36 heavy (non-hydrogen) atoms. The fourth-order valence-corrected chi connectivity index (χ4v) is 3.12. The quantitative estimate of drug-likeness (QED) is 0.129. The maximum absolute atomic E-state index is 13.0. The van der Waals surface area contributed by atoms with Crippen molar-refractivity contribution in [3.8, 4) is 5.75 Å². The molecule has 0 fully saturated rings. The first-order valence-electron chi connectivity index (χ1n) is 10.9. The van der Waals surface area contributed by atoms with Crippen LogP contribution in [0.4, 0.5) is 0 Å². The molecule has 4 unspecified atom stereocenters. The molecule has 0 aliphatic carbocycles. The van der Waals surface area contributed by atoms with Gasteiger partial charge in [-0.3, -0.25) is 24.0 Å². The van der Waals surface area contributed by atoms with Crippen molar-refractivity contribution in [3.05, 3.63) is 29.8 Å². The van der Waals surface area contributed by atoms with Gasteiger partial charge in [-0.25, -0.2) is 4.79 Å². The number of carbonyl (C=O) groups excluding carboxylic acids is 5. The number of nitrogens with two attached hydrogens (primary N) is 3. The number of carbonyl (C=O) groups is 6. The van der Waals surface area contributed by atoms with E-state index in [1.807, 2.05) is 0 Å². The number of benzene rings is 1. The minimum atomic E-state index is -1.55. The van der Waals surface area contributed by atoms with Gasteiger partial charge in [-0.15, -0.1) is 0 Å². The number of hydrogen-bond acceptors (Lipinski definition) is 8. The standard InChI is InChI=1S/C22H32N6O8/c1-10(2)18(22(35)36)28-21(34)14(7-11-3-5-12(29)6-4-11)27-20(33)15(9-17(25)31)26-19(32)13(23)8-16(24)30/h3-6,10,13-15,18,29H,7-9,23H2,1-2H3,(H2,24,30)(H2,25,31)(H,26,32)(H,27,33)(H,28,34)(H,35,36). The Morgan fingerprint density at radius 2 is 1.31 bits per heavy atom. The monoisotopic (exact) mass is 508 g/mol. The Labute approximate surface area is 206 Å². The van der Waals surface area contributed by atoms with Crippen molar-refractivity contribution in [2.24, 2.45) is 23.1 Å². The van der Waals surface area contributed by atoms with Crippen LogP contribution in [-0.2, 0) is 35.2 Å². The number of nitrogens with one attached hydrogen (secondary N) is 3. The molecule has 14 nitrogen and oxygen atoms in total. The number of aromatic hydroxyl groups is 1. The Hall–Kier alpha value is -4.20. The zero-order chi connectivity index (χ0) is 27.6. The molecule has 0 radical (unpaired) electrons. The van der Waals surface area contributed by atoms with Crippen molar-refractivity contribution in [2.75, 3.05) is 0 Å². The molecule has 14 heteroatoms. The van der Waals surface area contributed by atoms with Gasteiger partial charge in [0, 0.05) is 6.42 Å². The zero-order valence-electron chi connectivity index (χ0n) is 19.9. The van der Waals surface area contributed by atoms with Crippen molar-refractivity contribution >= 4 is 35.5 Å². The van der Waals surface area contributed by atoms with Crippen LogP contribution in [0.3, 0.4) is 0 Å². The van der Waals surface area contributed by atoms with Gasteiger partial charge in [0.2, 0.25) is 29.5 Å². The third kappa shape index (κ3) is 9.97. The summed E-state index contributed by atoms with van der Waals surface area (Å²) in [6.07, 6.45) is -1.30. The van der Waals surface area contributed by atoms with Gasteiger partial charge in [0.25, 0.3) is 0 Å². The molecule has 11 N–H and O–H groups in total. The summed E-state index contributed by atoms with van der Waals surface area (Å²) in [5.41, 5.74) is 16.3. The summed E-state index contributed by atoms with van der Waals surface area (Å²) >= 11 is 0.